The number of aromatic nitrogens is 4. The summed E-state index contributed by atoms with van der Waals surface area (Å²) in [6.45, 7) is 3.10. The molecule has 4 rings (SSSR count). The SMILES string of the molecule is Nc1ncnc2c1ncn2C1CCN(CC2COC(=O)N2)C1. The van der Waals surface area contributed by atoms with Crippen LogP contribution in [0.4, 0.5) is 10.6 Å². The number of hydrogen-bond acceptors (Lipinski definition) is 7. The number of ether oxygens (including phenoxy) is 1. The van der Waals surface area contributed by atoms with Gasteiger partial charge >= 0.3 is 6.09 Å². The van der Waals surface area contributed by atoms with Crippen molar-refractivity contribution in [1.29, 1.82) is 0 Å². The molecule has 2 aliphatic heterocycles. The van der Waals surface area contributed by atoms with E-state index >= 15 is 0 Å². The molecular formula is C13H17N7O2. The molecule has 0 spiro atoms. The second kappa shape index (κ2) is 5.09. The fourth-order valence-corrected chi connectivity index (χ4v) is 3.18. The monoisotopic (exact) mass is 303 g/mol. The highest BCUT2D eigenvalue weighted by Gasteiger charge is 2.30. The molecule has 2 aliphatic rings. The number of rotatable bonds is 3. The van der Waals surface area contributed by atoms with E-state index in [9.17, 15) is 4.79 Å². The number of fused-ring (bicyclic) bond motifs is 1. The first-order chi connectivity index (χ1) is 10.7. The van der Waals surface area contributed by atoms with E-state index in [1.165, 1.54) is 6.33 Å². The van der Waals surface area contributed by atoms with Crippen LogP contribution in [-0.4, -0.2) is 62.8 Å². The van der Waals surface area contributed by atoms with Gasteiger partial charge in [-0.1, -0.05) is 0 Å². The average Bonchev–Trinajstić information content (AvgIpc) is 3.19. The molecule has 9 heteroatoms. The highest BCUT2D eigenvalue weighted by atomic mass is 16.6. The van der Waals surface area contributed by atoms with Crippen LogP contribution in [0.3, 0.4) is 0 Å². The number of carbonyl (C=O) groups excluding carboxylic acids is 1. The van der Waals surface area contributed by atoms with Crippen LogP contribution in [0.25, 0.3) is 11.2 Å². The number of imidazole rings is 1. The lowest BCUT2D eigenvalue weighted by Gasteiger charge is -2.19. The standard InChI is InChI=1S/C13H17N7O2/c14-11-10-12(16-6-15-11)20(7-17-10)9-1-2-19(4-9)3-8-5-22-13(21)18-8/h6-9H,1-5H2,(H,18,21)(H2,14,15,16). The van der Waals surface area contributed by atoms with Gasteiger partial charge in [0.2, 0.25) is 0 Å². The predicted octanol–water partition coefficient (Wildman–Crippen LogP) is -0.236. The molecule has 2 atom stereocenters. The number of nitrogens with one attached hydrogen (secondary N) is 1. The summed E-state index contributed by atoms with van der Waals surface area (Å²) in [5.41, 5.74) is 7.25. The Morgan fingerprint density at radius 1 is 1.41 bits per heavy atom. The van der Waals surface area contributed by atoms with Gasteiger partial charge in [-0.3, -0.25) is 4.90 Å². The van der Waals surface area contributed by atoms with Crippen molar-refractivity contribution in [3.05, 3.63) is 12.7 Å². The molecule has 116 valence electrons. The van der Waals surface area contributed by atoms with Gasteiger partial charge in [-0.05, 0) is 6.42 Å². The number of nitrogens with zero attached hydrogens (tertiary/aromatic N) is 5. The maximum atomic E-state index is 11.1. The van der Waals surface area contributed by atoms with Gasteiger partial charge in [0, 0.05) is 19.6 Å². The molecule has 2 unspecified atom stereocenters. The molecule has 2 fully saturated rings. The molecule has 2 saturated heterocycles. The zero-order chi connectivity index (χ0) is 15.1. The van der Waals surface area contributed by atoms with Gasteiger partial charge in [0.1, 0.15) is 18.5 Å². The van der Waals surface area contributed by atoms with Gasteiger partial charge in [-0.2, -0.15) is 0 Å². The summed E-state index contributed by atoms with van der Waals surface area (Å²) in [4.78, 5) is 26.0. The fraction of sp³-hybridized carbons (Fsp3) is 0.538. The number of nitrogen functional groups attached to an aromatic ring is 1. The van der Waals surface area contributed by atoms with E-state index < -0.39 is 0 Å². The summed E-state index contributed by atoms with van der Waals surface area (Å²) >= 11 is 0. The Morgan fingerprint density at radius 2 is 2.32 bits per heavy atom. The zero-order valence-electron chi connectivity index (χ0n) is 12.0. The topological polar surface area (TPSA) is 111 Å². The van der Waals surface area contributed by atoms with Crippen LogP contribution in [0.2, 0.25) is 0 Å². The van der Waals surface area contributed by atoms with Crippen LogP contribution in [-0.2, 0) is 4.74 Å². The van der Waals surface area contributed by atoms with Crippen LogP contribution < -0.4 is 11.1 Å². The Hall–Kier alpha value is -2.42. The number of likely N-dealkylation sites (tertiary alicyclic amines) is 1. The van der Waals surface area contributed by atoms with E-state index in [2.05, 4.69) is 29.7 Å². The molecule has 0 bridgehead atoms. The molecule has 2 aromatic rings. The molecule has 4 heterocycles. The molecule has 2 aromatic heterocycles. The minimum Gasteiger partial charge on any atom is -0.447 e. The Labute approximate surface area is 126 Å². The average molecular weight is 303 g/mol. The molecule has 0 aromatic carbocycles. The summed E-state index contributed by atoms with van der Waals surface area (Å²) in [6, 6.07) is 0.376. The van der Waals surface area contributed by atoms with Crippen LogP contribution in [0.1, 0.15) is 12.5 Å². The minimum absolute atomic E-state index is 0.0729. The summed E-state index contributed by atoms with van der Waals surface area (Å²) in [5, 5.41) is 2.81. The van der Waals surface area contributed by atoms with Crippen molar-refractivity contribution >= 4 is 23.1 Å². The fourth-order valence-electron chi connectivity index (χ4n) is 3.18. The Balaban J connectivity index is 1.47. The van der Waals surface area contributed by atoms with Crippen molar-refractivity contribution in [2.24, 2.45) is 0 Å². The minimum atomic E-state index is -0.325. The summed E-state index contributed by atoms with van der Waals surface area (Å²) in [7, 11) is 0. The van der Waals surface area contributed by atoms with Gasteiger partial charge in [0.25, 0.3) is 0 Å². The molecular weight excluding hydrogens is 286 g/mol. The molecule has 22 heavy (non-hydrogen) atoms. The highest BCUT2D eigenvalue weighted by Crippen LogP contribution is 2.26. The maximum absolute atomic E-state index is 11.1. The van der Waals surface area contributed by atoms with E-state index in [4.69, 9.17) is 10.5 Å². The van der Waals surface area contributed by atoms with Gasteiger partial charge in [0.05, 0.1) is 18.4 Å². The lowest BCUT2D eigenvalue weighted by Crippen LogP contribution is -2.38. The smallest absolute Gasteiger partial charge is 0.407 e. The van der Waals surface area contributed by atoms with Crippen LogP contribution in [0.15, 0.2) is 12.7 Å². The molecule has 9 nitrogen and oxygen atoms in total. The van der Waals surface area contributed by atoms with Crippen molar-refractivity contribution in [2.75, 3.05) is 32.0 Å². The predicted molar refractivity (Wildman–Crippen MR) is 78.1 cm³/mol. The van der Waals surface area contributed by atoms with Crippen LogP contribution >= 0.6 is 0 Å². The maximum Gasteiger partial charge on any atom is 0.407 e. The number of alkyl carbamates (subject to hydrolysis) is 1. The van der Waals surface area contributed by atoms with Crippen molar-refractivity contribution in [2.45, 2.75) is 18.5 Å². The second-order valence-corrected chi connectivity index (χ2v) is 5.72. The third-order valence-electron chi connectivity index (χ3n) is 4.24. The third-order valence-corrected chi connectivity index (χ3v) is 4.24. The summed E-state index contributed by atoms with van der Waals surface area (Å²) < 4.78 is 6.99. The number of hydrogen-bond donors (Lipinski definition) is 2. The molecule has 0 saturated carbocycles. The van der Waals surface area contributed by atoms with Crippen molar-refractivity contribution in [3.8, 4) is 0 Å². The van der Waals surface area contributed by atoms with Crippen molar-refractivity contribution in [1.82, 2.24) is 29.7 Å². The van der Waals surface area contributed by atoms with E-state index in [0.717, 1.165) is 31.7 Å². The van der Waals surface area contributed by atoms with Crippen molar-refractivity contribution in [3.63, 3.8) is 0 Å². The van der Waals surface area contributed by atoms with E-state index in [0.29, 0.717) is 24.0 Å². The first-order valence-electron chi connectivity index (χ1n) is 7.29. The first kappa shape index (κ1) is 13.3. The molecule has 0 radical (unpaired) electrons. The van der Waals surface area contributed by atoms with E-state index in [1.54, 1.807) is 6.33 Å². The third kappa shape index (κ3) is 2.23. The lowest BCUT2D eigenvalue weighted by atomic mass is 10.2. The molecule has 3 N–H and O–H groups in total. The second-order valence-electron chi connectivity index (χ2n) is 5.72. The van der Waals surface area contributed by atoms with Crippen LogP contribution in [0, 0.1) is 0 Å². The molecule has 1 amide bonds. The van der Waals surface area contributed by atoms with Crippen LogP contribution in [0.5, 0.6) is 0 Å². The van der Waals surface area contributed by atoms with E-state index in [1.807, 2.05) is 0 Å². The number of anilines is 1. The normalized spacial score (nSPS) is 25.5. The summed E-state index contributed by atoms with van der Waals surface area (Å²) in [6.07, 6.45) is 3.93. The largest absolute Gasteiger partial charge is 0.447 e. The quantitative estimate of drug-likeness (QED) is 0.805. The Kier molecular flexibility index (Phi) is 3.07. The number of nitrogens with two attached hydrogens (primary N) is 1. The van der Waals surface area contributed by atoms with Crippen molar-refractivity contribution < 1.29 is 9.53 Å². The number of cyclic esters (lactones) is 1. The highest BCUT2D eigenvalue weighted by molar-refractivity contribution is 5.81. The lowest BCUT2D eigenvalue weighted by molar-refractivity contribution is 0.175. The first-order valence-corrected chi connectivity index (χ1v) is 7.29. The zero-order valence-corrected chi connectivity index (χ0v) is 12.0. The summed E-state index contributed by atoms with van der Waals surface area (Å²) in [5.74, 6) is 0.407. The Bertz CT molecular complexity index is 715. The molecule has 0 aliphatic carbocycles. The van der Waals surface area contributed by atoms with Gasteiger partial charge in [-0.15, -0.1) is 0 Å². The van der Waals surface area contributed by atoms with Gasteiger partial charge < -0.3 is 20.4 Å². The Morgan fingerprint density at radius 3 is 3.14 bits per heavy atom. The van der Waals surface area contributed by atoms with E-state index in [-0.39, 0.29) is 12.1 Å². The number of carbonyl (C=O) groups is 1. The van der Waals surface area contributed by atoms with Gasteiger partial charge in [0.15, 0.2) is 11.5 Å². The number of amides is 1. The van der Waals surface area contributed by atoms with Gasteiger partial charge in [-0.25, -0.2) is 19.7 Å².